The molecule has 1 aliphatic heterocycles. The Morgan fingerprint density at radius 1 is 1.39 bits per heavy atom. The Balaban J connectivity index is 1.77. The maximum atomic E-state index is 12.5. The molecule has 1 saturated heterocycles. The van der Waals surface area contributed by atoms with Gasteiger partial charge in [-0.3, -0.25) is 4.79 Å². The van der Waals surface area contributed by atoms with Gasteiger partial charge in [0, 0.05) is 35.2 Å². The normalized spacial score (nSPS) is 21.3. The summed E-state index contributed by atoms with van der Waals surface area (Å²) < 4.78 is 23.9. The number of H-pyrrole nitrogens is 1. The molecular weight excluding hydrogens is 336 g/mol. The molecule has 1 aliphatic rings. The van der Waals surface area contributed by atoms with E-state index in [0.717, 1.165) is 16.5 Å². The maximum Gasteiger partial charge on any atom is 0.227 e. The lowest BCUT2D eigenvalue weighted by Crippen LogP contribution is -2.34. The van der Waals surface area contributed by atoms with E-state index in [1.807, 2.05) is 18.3 Å². The number of aromatic nitrogens is 1. The van der Waals surface area contributed by atoms with Gasteiger partial charge in [-0.2, -0.15) is 0 Å². The van der Waals surface area contributed by atoms with Crippen LogP contribution in [0.1, 0.15) is 18.9 Å². The van der Waals surface area contributed by atoms with Crippen LogP contribution in [0.15, 0.2) is 24.4 Å². The first kappa shape index (κ1) is 16.3. The number of fused-ring (bicyclic) bond motifs is 1. The fourth-order valence-electron chi connectivity index (χ4n) is 2.89. The van der Waals surface area contributed by atoms with E-state index >= 15 is 0 Å². The molecule has 7 heteroatoms. The second kappa shape index (κ2) is 6.17. The number of hydrogen-bond donors (Lipinski definition) is 1. The fraction of sp³-hybridized carbons (Fsp3) is 0.438. The van der Waals surface area contributed by atoms with E-state index in [1.165, 1.54) is 0 Å². The average molecular weight is 355 g/mol. The van der Waals surface area contributed by atoms with Gasteiger partial charge >= 0.3 is 0 Å². The van der Waals surface area contributed by atoms with Crippen molar-refractivity contribution in [2.24, 2.45) is 0 Å². The molecule has 1 aromatic heterocycles. The van der Waals surface area contributed by atoms with Crippen LogP contribution in [-0.4, -0.2) is 48.3 Å². The molecule has 1 atom stereocenters. The summed E-state index contributed by atoms with van der Waals surface area (Å²) in [5.74, 6) is -0.00484. The highest BCUT2D eigenvalue weighted by Gasteiger charge is 2.28. The third-order valence-corrected chi connectivity index (χ3v) is 6.94. The van der Waals surface area contributed by atoms with E-state index in [9.17, 15) is 13.2 Å². The molecule has 1 fully saturated rings. The summed E-state index contributed by atoms with van der Waals surface area (Å²) in [5.41, 5.74) is 1.82. The van der Waals surface area contributed by atoms with Crippen molar-refractivity contribution in [3.05, 3.63) is 35.0 Å². The minimum atomic E-state index is -3.08. The molecule has 1 amide bonds. The lowest BCUT2D eigenvalue weighted by atomic mass is 10.1. The van der Waals surface area contributed by atoms with Crippen molar-refractivity contribution < 1.29 is 13.2 Å². The molecule has 0 spiro atoms. The van der Waals surface area contributed by atoms with Crippen molar-refractivity contribution >= 4 is 38.2 Å². The number of carbonyl (C=O) groups is 1. The molecule has 2 heterocycles. The van der Waals surface area contributed by atoms with Gasteiger partial charge in [-0.1, -0.05) is 11.6 Å². The highest BCUT2D eigenvalue weighted by molar-refractivity contribution is 7.92. The Labute approximate surface area is 140 Å². The summed E-state index contributed by atoms with van der Waals surface area (Å²) in [4.78, 5) is 17.3. The number of carbonyl (C=O) groups excluding carboxylic acids is 1. The fourth-order valence-corrected chi connectivity index (χ4v) is 4.40. The van der Waals surface area contributed by atoms with Crippen LogP contribution in [0.25, 0.3) is 10.9 Å². The SMILES string of the molecule is CC1CCN(C(=O)Cc2c[nH]c3ccc(Cl)cc23)CCS1(=O)=O. The minimum absolute atomic E-state index is 0.0413. The van der Waals surface area contributed by atoms with Crippen molar-refractivity contribution in [2.75, 3.05) is 18.8 Å². The molecule has 0 aliphatic carbocycles. The monoisotopic (exact) mass is 354 g/mol. The van der Waals surface area contributed by atoms with E-state index in [0.29, 0.717) is 18.0 Å². The number of hydrogen-bond acceptors (Lipinski definition) is 3. The molecule has 0 radical (unpaired) electrons. The Morgan fingerprint density at radius 2 is 2.17 bits per heavy atom. The van der Waals surface area contributed by atoms with Crippen molar-refractivity contribution in [1.29, 1.82) is 0 Å². The minimum Gasteiger partial charge on any atom is -0.361 e. The number of amides is 1. The average Bonchev–Trinajstić information content (AvgIpc) is 2.82. The van der Waals surface area contributed by atoms with E-state index in [4.69, 9.17) is 11.6 Å². The van der Waals surface area contributed by atoms with Gasteiger partial charge in [-0.15, -0.1) is 0 Å². The van der Waals surface area contributed by atoms with Crippen LogP contribution in [0.5, 0.6) is 0 Å². The lowest BCUT2D eigenvalue weighted by molar-refractivity contribution is -0.130. The zero-order valence-electron chi connectivity index (χ0n) is 12.9. The summed E-state index contributed by atoms with van der Waals surface area (Å²) >= 11 is 6.03. The number of rotatable bonds is 2. The summed E-state index contributed by atoms with van der Waals surface area (Å²) in [6, 6.07) is 5.52. The van der Waals surface area contributed by atoms with Gasteiger partial charge in [-0.05, 0) is 37.1 Å². The molecule has 3 rings (SSSR count). The van der Waals surface area contributed by atoms with Crippen LogP contribution >= 0.6 is 11.6 Å². The van der Waals surface area contributed by atoms with Gasteiger partial charge < -0.3 is 9.88 Å². The lowest BCUT2D eigenvalue weighted by Gasteiger charge is -2.19. The standard InChI is InChI=1S/C16H19ClN2O3S/c1-11-4-5-19(6-7-23(11,21)22)16(20)8-12-10-18-15-3-2-13(17)9-14(12)15/h2-3,9-11,18H,4-8H2,1H3. The molecule has 124 valence electrons. The molecule has 1 aromatic carbocycles. The van der Waals surface area contributed by atoms with Crippen LogP contribution in [-0.2, 0) is 21.1 Å². The Hall–Kier alpha value is -1.53. The van der Waals surface area contributed by atoms with E-state index in [-0.39, 0.29) is 29.9 Å². The Bertz CT molecular complexity index is 844. The molecule has 0 bridgehead atoms. The summed E-state index contributed by atoms with van der Waals surface area (Å²) in [6.45, 7) is 2.47. The highest BCUT2D eigenvalue weighted by atomic mass is 35.5. The van der Waals surface area contributed by atoms with Crippen LogP contribution in [0, 0.1) is 0 Å². The van der Waals surface area contributed by atoms with Crippen molar-refractivity contribution in [3.8, 4) is 0 Å². The molecule has 2 aromatic rings. The van der Waals surface area contributed by atoms with Crippen LogP contribution in [0.3, 0.4) is 0 Å². The first-order valence-corrected chi connectivity index (χ1v) is 9.71. The molecular formula is C16H19ClN2O3S. The number of aromatic amines is 1. The van der Waals surface area contributed by atoms with Crippen LogP contribution in [0.4, 0.5) is 0 Å². The summed E-state index contributed by atoms with van der Waals surface area (Å²) in [6.07, 6.45) is 2.55. The first-order chi connectivity index (χ1) is 10.9. The molecule has 0 saturated carbocycles. The smallest absolute Gasteiger partial charge is 0.227 e. The Kier molecular flexibility index (Phi) is 4.38. The number of sulfone groups is 1. The summed E-state index contributed by atoms with van der Waals surface area (Å²) in [7, 11) is -3.08. The maximum absolute atomic E-state index is 12.5. The van der Waals surface area contributed by atoms with Gasteiger partial charge in [-0.25, -0.2) is 8.42 Å². The molecule has 23 heavy (non-hydrogen) atoms. The second-order valence-corrected chi connectivity index (χ2v) is 9.00. The van der Waals surface area contributed by atoms with Gasteiger partial charge in [0.05, 0.1) is 17.4 Å². The van der Waals surface area contributed by atoms with Crippen molar-refractivity contribution in [3.63, 3.8) is 0 Å². The zero-order chi connectivity index (χ0) is 16.6. The van der Waals surface area contributed by atoms with E-state index < -0.39 is 9.84 Å². The molecule has 1 N–H and O–H groups in total. The van der Waals surface area contributed by atoms with Gasteiger partial charge in [0.2, 0.25) is 5.91 Å². The van der Waals surface area contributed by atoms with E-state index in [1.54, 1.807) is 17.9 Å². The Morgan fingerprint density at radius 3 is 2.96 bits per heavy atom. The largest absolute Gasteiger partial charge is 0.361 e. The number of nitrogens with zero attached hydrogens (tertiary/aromatic N) is 1. The van der Waals surface area contributed by atoms with Crippen LogP contribution in [0.2, 0.25) is 5.02 Å². The quantitative estimate of drug-likeness (QED) is 0.900. The predicted molar refractivity (Wildman–Crippen MR) is 91.5 cm³/mol. The third-order valence-electron chi connectivity index (χ3n) is 4.49. The topological polar surface area (TPSA) is 70.2 Å². The van der Waals surface area contributed by atoms with Gasteiger partial charge in [0.15, 0.2) is 9.84 Å². The number of halogens is 1. The number of benzene rings is 1. The van der Waals surface area contributed by atoms with Crippen molar-refractivity contribution in [2.45, 2.75) is 25.0 Å². The van der Waals surface area contributed by atoms with Gasteiger partial charge in [0.25, 0.3) is 0 Å². The third kappa shape index (κ3) is 3.38. The molecule has 1 unspecified atom stereocenters. The summed E-state index contributed by atoms with van der Waals surface area (Å²) in [5, 5.41) is 1.18. The second-order valence-electron chi connectivity index (χ2n) is 6.03. The van der Waals surface area contributed by atoms with E-state index in [2.05, 4.69) is 4.98 Å². The van der Waals surface area contributed by atoms with Gasteiger partial charge in [0.1, 0.15) is 0 Å². The van der Waals surface area contributed by atoms with Crippen molar-refractivity contribution in [1.82, 2.24) is 9.88 Å². The zero-order valence-corrected chi connectivity index (χ0v) is 14.5. The molecule has 5 nitrogen and oxygen atoms in total. The highest BCUT2D eigenvalue weighted by Crippen LogP contribution is 2.23. The van der Waals surface area contributed by atoms with Crippen LogP contribution < -0.4 is 0 Å². The first-order valence-electron chi connectivity index (χ1n) is 7.61. The number of nitrogens with one attached hydrogen (secondary N) is 1. The predicted octanol–water partition coefficient (Wildman–Crippen LogP) is 2.40.